The first-order valence-electron chi connectivity index (χ1n) is 13.8. The van der Waals surface area contributed by atoms with Crippen LogP contribution in [0.25, 0.3) is 16.0 Å². The number of carbonyl (C=O) groups is 1. The smallest absolute Gasteiger partial charge is 0.263 e. The van der Waals surface area contributed by atoms with Crippen molar-refractivity contribution in [2.45, 2.75) is 82.3 Å². The fraction of sp³-hybridized carbons (Fsp3) is 0.400. The lowest BCUT2D eigenvalue weighted by Gasteiger charge is -2.23. The predicted octanol–water partition coefficient (Wildman–Crippen LogP) is 6.77. The molecule has 1 amide bonds. The van der Waals surface area contributed by atoms with E-state index in [-0.39, 0.29) is 28.2 Å². The quantitative estimate of drug-likeness (QED) is 0.261. The van der Waals surface area contributed by atoms with Crippen LogP contribution < -0.4 is 4.72 Å². The number of hydrogen-bond acceptors (Lipinski definition) is 6. The summed E-state index contributed by atoms with van der Waals surface area (Å²) in [7, 11) is -4.10. The molecule has 1 aliphatic carbocycles. The Morgan fingerprint density at radius 2 is 1.93 bits per heavy atom. The number of aromatic nitrogens is 1. The van der Waals surface area contributed by atoms with Gasteiger partial charge in [0.15, 0.2) is 5.76 Å². The molecule has 1 aliphatic heterocycles. The maximum absolute atomic E-state index is 13.6. The number of nitrogens with one attached hydrogen (secondary N) is 1. The number of aliphatic imine (C=N–C) groups is 1. The van der Waals surface area contributed by atoms with Gasteiger partial charge in [-0.3, -0.25) is 19.4 Å². The van der Waals surface area contributed by atoms with Crippen LogP contribution in [0.2, 0.25) is 5.02 Å². The molecular formula is C30H32ClN5O4S. The molecule has 0 bridgehead atoms. The van der Waals surface area contributed by atoms with Gasteiger partial charge in [-0.15, -0.1) is 0 Å². The van der Waals surface area contributed by atoms with Gasteiger partial charge in [0, 0.05) is 17.5 Å². The van der Waals surface area contributed by atoms with E-state index in [1.807, 2.05) is 23.1 Å². The number of halogens is 1. The molecule has 0 saturated heterocycles. The van der Waals surface area contributed by atoms with Gasteiger partial charge in [0.05, 0.1) is 11.4 Å². The van der Waals surface area contributed by atoms with Crippen molar-refractivity contribution >= 4 is 39.2 Å². The van der Waals surface area contributed by atoms with Crippen molar-refractivity contribution in [3.8, 4) is 11.1 Å². The van der Waals surface area contributed by atoms with E-state index in [4.69, 9.17) is 27.7 Å². The number of aryl methyl sites for hydroxylation is 1. The Morgan fingerprint density at radius 3 is 2.61 bits per heavy atom. The standard InChI is InChI=1S/C30H32ClN5O4S/c1-4-5-12-26-33-30(15-8-9-16-30)29(37)36(26)19-21-13-14-23(22(17-21)18-32-3)24-10-6-7-11-25(24)41(38,39)35-28-27(31)20(2)40-34-28/h6-7,10-11,13-14,17H,4-5,8-9,12,15-16,18-19H2,1-2H3,(H,34,35). The lowest BCUT2D eigenvalue weighted by atomic mass is 9.96. The molecule has 1 aromatic heterocycles. The molecule has 41 heavy (non-hydrogen) atoms. The number of amides is 1. The molecule has 214 valence electrons. The lowest BCUT2D eigenvalue weighted by molar-refractivity contribution is -0.131. The summed E-state index contributed by atoms with van der Waals surface area (Å²) >= 11 is 6.15. The second kappa shape index (κ2) is 11.7. The molecule has 3 aromatic rings. The van der Waals surface area contributed by atoms with Crippen LogP contribution in [0.4, 0.5) is 5.82 Å². The van der Waals surface area contributed by atoms with Crippen LogP contribution in [0.1, 0.15) is 68.8 Å². The Kier molecular flexibility index (Phi) is 8.20. The van der Waals surface area contributed by atoms with Crippen LogP contribution in [0.5, 0.6) is 0 Å². The molecule has 0 atom stereocenters. The van der Waals surface area contributed by atoms with Crippen molar-refractivity contribution in [3.63, 3.8) is 0 Å². The maximum atomic E-state index is 13.6. The Labute approximate surface area is 245 Å². The zero-order valence-corrected chi connectivity index (χ0v) is 24.7. The van der Waals surface area contributed by atoms with E-state index >= 15 is 0 Å². The summed E-state index contributed by atoms with van der Waals surface area (Å²) in [5.74, 6) is 1.12. The van der Waals surface area contributed by atoms with Gasteiger partial charge in [0.1, 0.15) is 16.4 Å². The lowest BCUT2D eigenvalue weighted by Crippen LogP contribution is -2.40. The molecule has 1 saturated carbocycles. The summed E-state index contributed by atoms with van der Waals surface area (Å²) < 4.78 is 34.3. The minimum absolute atomic E-state index is 0.0163. The number of amidine groups is 1. The van der Waals surface area contributed by atoms with Gasteiger partial charge >= 0.3 is 0 Å². The van der Waals surface area contributed by atoms with E-state index in [0.29, 0.717) is 29.0 Å². The molecule has 1 fully saturated rings. The molecule has 11 heteroatoms. The van der Waals surface area contributed by atoms with E-state index < -0.39 is 15.6 Å². The van der Waals surface area contributed by atoms with Crippen LogP contribution in [-0.2, 0) is 27.9 Å². The molecule has 1 N–H and O–H groups in total. The maximum Gasteiger partial charge on any atom is 0.263 e. The van der Waals surface area contributed by atoms with Crippen LogP contribution in [0.3, 0.4) is 0 Å². The first kappa shape index (κ1) is 28.8. The Balaban J connectivity index is 1.48. The average Bonchev–Trinajstić information content (AvgIpc) is 3.63. The Morgan fingerprint density at radius 1 is 1.17 bits per heavy atom. The molecule has 2 aliphatic rings. The summed E-state index contributed by atoms with van der Waals surface area (Å²) in [5, 5.41) is 3.80. The SMILES string of the molecule is [C-]#[N+]Cc1cc(CN2C(=O)C3(CCCC3)N=C2CCCC)ccc1-c1ccccc1S(=O)(=O)Nc1noc(C)c1Cl. The summed E-state index contributed by atoms with van der Waals surface area (Å²) in [5.41, 5.74) is 1.98. The zero-order chi connectivity index (χ0) is 29.2. The van der Waals surface area contributed by atoms with Crippen molar-refractivity contribution in [1.29, 1.82) is 0 Å². The minimum atomic E-state index is -4.10. The molecule has 5 rings (SSSR count). The molecule has 9 nitrogen and oxygen atoms in total. The second-order valence-corrected chi connectivity index (χ2v) is 12.6. The van der Waals surface area contributed by atoms with E-state index in [2.05, 4.69) is 21.6 Å². The third kappa shape index (κ3) is 5.61. The molecule has 0 radical (unpaired) electrons. The van der Waals surface area contributed by atoms with Gasteiger partial charge in [-0.05, 0) is 49.4 Å². The largest absolute Gasteiger partial charge is 0.358 e. The van der Waals surface area contributed by atoms with Crippen LogP contribution in [0, 0.1) is 13.5 Å². The number of unbranched alkanes of at least 4 members (excludes halogenated alkanes) is 1. The van der Waals surface area contributed by atoms with E-state index in [9.17, 15) is 13.2 Å². The van der Waals surface area contributed by atoms with Crippen LogP contribution >= 0.6 is 11.6 Å². The topological polar surface area (TPSA) is 109 Å². The van der Waals surface area contributed by atoms with Crippen molar-refractivity contribution in [3.05, 3.63) is 75.8 Å². The summed E-state index contributed by atoms with van der Waals surface area (Å²) in [6.07, 6.45) is 6.32. The monoisotopic (exact) mass is 593 g/mol. The highest BCUT2D eigenvalue weighted by molar-refractivity contribution is 7.92. The summed E-state index contributed by atoms with van der Waals surface area (Å²) in [6.45, 7) is 11.7. The normalized spacial score (nSPS) is 16.3. The third-order valence-electron chi connectivity index (χ3n) is 7.73. The first-order valence-corrected chi connectivity index (χ1v) is 15.6. The number of anilines is 1. The summed E-state index contributed by atoms with van der Waals surface area (Å²) in [4.78, 5) is 24.0. The van der Waals surface area contributed by atoms with Gasteiger partial charge < -0.3 is 9.37 Å². The van der Waals surface area contributed by atoms with Gasteiger partial charge in [0.2, 0.25) is 12.4 Å². The highest BCUT2D eigenvalue weighted by Gasteiger charge is 2.49. The highest BCUT2D eigenvalue weighted by atomic mass is 35.5. The Bertz CT molecular complexity index is 1650. The van der Waals surface area contributed by atoms with E-state index in [0.717, 1.165) is 56.3 Å². The number of benzene rings is 2. The van der Waals surface area contributed by atoms with Gasteiger partial charge in [-0.1, -0.05) is 73.3 Å². The number of hydrogen-bond donors (Lipinski definition) is 1. The number of sulfonamides is 1. The van der Waals surface area contributed by atoms with Crippen LogP contribution in [0.15, 0.2) is 56.9 Å². The fourth-order valence-electron chi connectivity index (χ4n) is 5.63. The van der Waals surface area contributed by atoms with Crippen LogP contribution in [-0.4, -0.2) is 35.8 Å². The molecular weight excluding hydrogens is 562 g/mol. The van der Waals surface area contributed by atoms with Crippen molar-refractivity contribution < 1.29 is 17.7 Å². The van der Waals surface area contributed by atoms with Crippen molar-refractivity contribution in [2.75, 3.05) is 4.72 Å². The molecule has 0 unspecified atom stereocenters. The number of carbonyl (C=O) groups excluding carboxylic acids is 1. The Hall–Kier alpha value is -3.68. The molecule has 2 heterocycles. The van der Waals surface area contributed by atoms with Gasteiger partial charge in [-0.2, -0.15) is 0 Å². The zero-order valence-electron chi connectivity index (χ0n) is 23.1. The van der Waals surface area contributed by atoms with E-state index in [1.165, 1.54) is 6.07 Å². The minimum Gasteiger partial charge on any atom is -0.358 e. The molecule has 1 spiro atoms. The second-order valence-electron chi connectivity index (χ2n) is 10.6. The highest BCUT2D eigenvalue weighted by Crippen LogP contribution is 2.40. The van der Waals surface area contributed by atoms with Crippen molar-refractivity contribution in [1.82, 2.24) is 10.1 Å². The predicted molar refractivity (Wildman–Crippen MR) is 158 cm³/mol. The third-order valence-corrected chi connectivity index (χ3v) is 9.57. The fourth-order valence-corrected chi connectivity index (χ4v) is 7.04. The first-order chi connectivity index (χ1) is 19.7. The number of rotatable bonds is 10. The van der Waals surface area contributed by atoms with Gasteiger partial charge in [0.25, 0.3) is 15.9 Å². The summed E-state index contributed by atoms with van der Waals surface area (Å²) in [6, 6.07) is 12.2. The number of nitrogens with zero attached hydrogens (tertiary/aromatic N) is 4. The molecule has 2 aromatic carbocycles. The average molecular weight is 594 g/mol. The van der Waals surface area contributed by atoms with Gasteiger partial charge in [-0.25, -0.2) is 15.0 Å². The van der Waals surface area contributed by atoms with Crippen molar-refractivity contribution in [2.24, 2.45) is 4.99 Å². The van der Waals surface area contributed by atoms with E-state index in [1.54, 1.807) is 25.1 Å².